The van der Waals surface area contributed by atoms with Crippen molar-refractivity contribution in [1.29, 1.82) is 0 Å². The van der Waals surface area contributed by atoms with Crippen LogP contribution in [0.1, 0.15) is 200 Å². The molecule has 14 heteroatoms. The van der Waals surface area contributed by atoms with Gasteiger partial charge in [0.15, 0.2) is 0 Å². The molecule has 0 spiro atoms. The van der Waals surface area contributed by atoms with Gasteiger partial charge in [-0.05, 0) is 32.1 Å². The number of rotatable bonds is 39. The summed E-state index contributed by atoms with van der Waals surface area (Å²) in [5.41, 5.74) is 0. The van der Waals surface area contributed by atoms with Crippen LogP contribution in [0.25, 0.3) is 0 Å². The van der Waals surface area contributed by atoms with Crippen LogP contribution < -0.4 is 5.32 Å². The number of carbonyl (C=O) groups excluding carboxylic acids is 1. The zero-order valence-corrected chi connectivity index (χ0v) is 38.3. The van der Waals surface area contributed by atoms with Gasteiger partial charge in [-0.1, -0.05) is 186 Å². The fourth-order valence-electron chi connectivity index (χ4n) is 7.61. The highest BCUT2D eigenvalue weighted by atomic mass is 31.2. The van der Waals surface area contributed by atoms with Crippen molar-refractivity contribution in [3.63, 3.8) is 0 Å². The molecule has 0 aromatic rings. The molecule has 0 saturated heterocycles. The van der Waals surface area contributed by atoms with Crippen LogP contribution in [0.15, 0.2) is 24.3 Å². The topological polar surface area (TPSA) is 226 Å². The number of phosphoric acid groups is 1. The Labute approximate surface area is 363 Å². The minimum Gasteiger partial charge on any atom is -0.393 e. The molecule has 60 heavy (non-hydrogen) atoms. The quantitative estimate of drug-likeness (QED) is 0.0163. The molecule has 354 valence electrons. The molecule has 1 saturated carbocycles. The monoisotopic (exact) mass is 878 g/mol. The van der Waals surface area contributed by atoms with Gasteiger partial charge in [-0.25, -0.2) is 4.57 Å². The van der Waals surface area contributed by atoms with E-state index < -0.39 is 75.2 Å². The zero-order chi connectivity index (χ0) is 44.4. The summed E-state index contributed by atoms with van der Waals surface area (Å²) in [5.74, 6) is -0.602. The van der Waals surface area contributed by atoms with Crippen molar-refractivity contribution in [2.24, 2.45) is 0 Å². The summed E-state index contributed by atoms with van der Waals surface area (Å²) in [6.07, 6.45) is 25.8. The molecular weight excluding hydrogens is 789 g/mol. The number of unbranched alkanes of at least 4 members (excludes halogenated alkanes) is 24. The lowest BCUT2D eigenvalue weighted by Crippen LogP contribution is -2.64. The molecule has 0 aromatic heterocycles. The first-order valence-corrected chi connectivity index (χ1v) is 25.4. The number of amides is 1. The minimum atomic E-state index is -5.14. The molecule has 0 radical (unpaired) electrons. The van der Waals surface area contributed by atoms with Gasteiger partial charge >= 0.3 is 7.82 Å². The minimum absolute atomic E-state index is 0.249. The van der Waals surface area contributed by atoms with Crippen LogP contribution in [0.3, 0.4) is 0 Å². The summed E-state index contributed by atoms with van der Waals surface area (Å²) in [6.45, 7) is 3.69. The largest absolute Gasteiger partial charge is 0.472 e. The Balaban J connectivity index is 2.44. The molecule has 1 aliphatic carbocycles. The van der Waals surface area contributed by atoms with Gasteiger partial charge in [0.2, 0.25) is 5.91 Å². The molecule has 1 amide bonds. The first-order chi connectivity index (χ1) is 28.8. The first-order valence-electron chi connectivity index (χ1n) is 23.9. The molecule has 8 unspecified atom stereocenters. The second-order valence-electron chi connectivity index (χ2n) is 17.1. The van der Waals surface area contributed by atoms with E-state index in [4.69, 9.17) is 9.05 Å². The number of phosphoric ester groups is 1. The third-order valence-corrected chi connectivity index (χ3v) is 12.5. The van der Waals surface area contributed by atoms with Gasteiger partial charge in [-0.15, -0.1) is 0 Å². The average Bonchev–Trinajstić information content (AvgIpc) is 3.22. The number of aliphatic hydroxyl groups is 7. The fourth-order valence-corrected chi connectivity index (χ4v) is 8.58. The molecule has 0 heterocycles. The van der Waals surface area contributed by atoms with Gasteiger partial charge in [0.1, 0.15) is 36.6 Å². The predicted octanol–water partition coefficient (Wildman–Crippen LogP) is 7.98. The van der Waals surface area contributed by atoms with Crippen LogP contribution in [0, 0.1) is 0 Å². The maximum atomic E-state index is 13.0. The molecule has 8 atom stereocenters. The Bertz CT molecular complexity index is 1130. The van der Waals surface area contributed by atoms with Crippen molar-refractivity contribution >= 4 is 13.7 Å². The van der Waals surface area contributed by atoms with E-state index >= 15 is 0 Å². The Morgan fingerprint density at radius 1 is 0.583 bits per heavy atom. The van der Waals surface area contributed by atoms with Crippen molar-refractivity contribution in [3.8, 4) is 0 Å². The maximum absolute atomic E-state index is 13.0. The number of aliphatic hydroxyl groups excluding tert-OH is 7. The third-order valence-electron chi connectivity index (χ3n) is 11.5. The fraction of sp³-hybridized carbons (Fsp3) is 0.891. The Morgan fingerprint density at radius 2 is 0.983 bits per heavy atom. The molecule has 0 bridgehead atoms. The predicted molar refractivity (Wildman–Crippen MR) is 238 cm³/mol. The van der Waals surface area contributed by atoms with E-state index in [0.29, 0.717) is 12.8 Å². The highest BCUT2D eigenvalue weighted by Gasteiger charge is 2.51. The molecule has 1 aliphatic rings. The lowest BCUT2D eigenvalue weighted by atomic mass is 9.85. The van der Waals surface area contributed by atoms with E-state index in [2.05, 4.69) is 31.3 Å². The van der Waals surface area contributed by atoms with Crippen molar-refractivity contribution < 1.29 is 59.0 Å². The van der Waals surface area contributed by atoms with Gasteiger partial charge in [0, 0.05) is 0 Å². The molecule has 0 aliphatic heterocycles. The van der Waals surface area contributed by atoms with Crippen LogP contribution in [-0.4, -0.2) is 108 Å². The summed E-state index contributed by atoms with van der Waals surface area (Å²) in [4.78, 5) is 23.4. The number of carbonyl (C=O) groups is 1. The van der Waals surface area contributed by atoms with Crippen LogP contribution in [0.4, 0.5) is 0 Å². The van der Waals surface area contributed by atoms with Crippen LogP contribution >= 0.6 is 7.82 Å². The Kier molecular flexibility index (Phi) is 34.2. The van der Waals surface area contributed by atoms with Crippen molar-refractivity contribution in [2.45, 2.75) is 255 Å². The number of hydrogen-bond acceptors (Lipinski definition) is 11. The van der Waals surface area contributed by atoms with Gasteiger partial charge < -0.3 is 46.0 Å². The highest BCUT2D eigenvalue weighted by Crippen LogP contribution is 2.47. The summed E-state index contributed by atoms with van der Waals surface area (Å²) in [6, 6.07) is -1.25. The van der Waals surface area contributed by atoms with Crippen LogP contribution in [0.5, 0.6) is 0 Å². The Hall–Kier alpha value is -1.22. The smallest absolute Gasteiger partial charge is 0.393 e. The van der Waals surface area contributed by atoms with E-state index in [9.17, 15) is 50.0 Å². The molecule has 9 N–H and O–H groups in total. The normalized spacial score (nSPS) is 23.6. The third kappa shape index (κ3) is 27.8. The van der Waals surface area contributed by atoms with Crippen molar-refractivity contribution in [3.05, 3.63) is 24.3 Å². The summed E-state index contributed by atoms with van der Waals surface area (Å²) in [5, 5.41) is 74.3. The lowest BCUT2D eigenvalue weighted by Gasteiger charge is -2.41. The number of hydrogen-bond donors (Lipinski definition) is 9. The van der Waals surface area contributed by atoms with Crippen molar-refractivity contribution in [2.75, 3.05) is 6.61 Å². The standard InChI is InChI=1S/C46H88NO12P/c1-3-5-7-9-11-13-15-16-17-18-19-20-21-22-23-24-25-27-29-31-33-37(48)35-40(50)47-38(39(49)34-32-30-28-26-14-12-10-8-6-4-2)36-58-60(56,57)59-46-44(54)42(52)41(51)43(53)45(46)55/h14,26,32,34,37-39,41-46,48-49,51-55H,3-13,15-25,27-31,33,35-36H2,1-2H3,(H,47,50)(H,56,57)/b26-14+,34-32+. The maximum Gasteiger partial charge on any atom is 0.472 e. The molecule has 1 rings (SSSR count). The second-order valence-corrected chi connectivity index (χ2v) is 18.5. The van der Waals surface area contributed by atoms with E-state index in [1.807, 2.05) is 0 Å². The summed E-state index contributed by atoms with van der Waals surface area (Å²) >= 11 is 0. The summed E-state index contributed by atoms with van der Waals surface area (Å²) < 4.78 is 22.8. The summed E-state index contributed by atoms with van der Waals surface area (Å²) in [7, 11) is -5.14. The van der Waals surface area contributed by atoms with E-state index in [1.165, 1.54) is 128 Å². The average molecular weight is 878 g/mol. The SMILES string of the molecule is CCCCCC/C=C/CC/C=C/C(O)C(COP(=O)(O)OC1C(O)C(O)C(O)C(O)C1O)NC(=O)CC(O)CCCCCCCCCCCCCCCCCCCCCC. The molecule has 13 nitrogen and oxygen atoms in total. The number of allylic oxidation sites excluding steroid dienone is 3. The highest BCUT2D eigenvalue weighted by molar-refractivity contribution is 7.47. The molecule has 0 aromatic carbocycles. The lowest BCUT2D eigenvalue weighted by molar-refractivity contribution is -0.220. The number of nitrogens with one attached hydrogen (secondary N) is 1. The van der Waals surface area contributed by atoms with E-state index in [1.54, 1.807) is 6.08 Å². The van der Waals surface area contributed by atoms with Gasteiger partial charge in [-0.2, -0.15) is 0 Å². The molecule has 1 fully saturated rings. The first kappa shape index (κ1) is 56.8. The van der Waals surface area contributed by atoms with Crippen molar-refractivity contribution in [1.82, 2.24) is 5.32 Å². The van der Waals surface area contributed by atoms with E-state index in [-0.39, 0.29) is 6.42 Å². The zero-order valence-electron chi connectivity index (χ0n) is 37.4. The Morgan fingerprint density at radius 3 is 1.47 bits per heavy atom. The van der Waals surface area contributed by atoms with Crippen LogP contribution in [0.2, 0.25) is 0 Å². The van der Waals surface area contributed by atoms with Crippen LogP contribution in [-0.2, 0) is 18.4 Å². The second kappa shape index (κ2) is 36.2. The van der Waals surface area contributed by atoms with Gasteiger partial charge in [0.05, 0.1) is 31.3 Å². The van der Waals surface area contributed by atoms with Gasteiger partial charge in [-0.3, -0.25) is 13.8 Å². The van der Waals surface area contributed by atoms with E-state index in [0.717, 1.165) is 44.9 Å². The molecular formula is C46H88NO12P. The van der Waals surface area contributed by atoms with Gasteiger partial charge in [0.25, 0.3) is 0 Å².